The first-order valence-electron chi connectivity index (χ1n) is 11.3. The average Bonchev–Trinajstić information content (AvgIpc) is 2.82. The lowest BCUT2D eigenvalue weighted by Gasteiger charge is -2.29. The number of hydrogen-bond donors (Lipinski definition) is 1. The van der Waals surface area contributed by atoms with Gasteiger partial charge in [-0.1, -0.05) is 49.7 Å². The van der Waals surface area contributed by atoms with Gasteiger partial charge >= 0.3 is 5.97 Å². The van der Waals surface area contributed by atoms with Crippen LogP contribution in [-0.4, -0.2) is 41.0 Å². The van der Waals surface area contributed by atoms with Gasteiger partial charge in [0.25, 0.3) is 5.91 Å². The molecule has 3 aromatic rings. The number of pyridine rings is 1. The first-order valence-corrected chi connectivity index (χ1v) is 11.7. The molecule has 172 valence electrons. The smallest absolute Gasteiger partial charge is 0.340 e. The molecule has 1 aliphatic rings. The van der Waals surface area contributed by atoms with E-state index in [2.05, 4.69) is 17.1 Å². The minimum Gasteiger partial charge on any atom is -0.449 e. The van der Waals surface area contributed by atoms with Crippen LogP contribution in [0.25, 0.3) is 10.9 Å². The summed E-state index contributed by atoms with van der Waals surface area (Å²) in [6.07, 6.45) is 0.204. The van der Waals surface area contributed by atoms with Gasteiger partial charge in [-0.05, 0) is 43.7 Å². The summed E-state index contributed by atoms with van der Waals surface area (Å²) >= 11 is 6.18. The van der Waals surface area contributed by atoms with Crippen molar-refractivity contribution in [2.24, 2.45) is 0 Å². The number of halogens is 1. The van der Waals surface area contributed by atoms with Crippen molar-refractivity contribution in [2.75, 3.05) is 18.4 Å². The van der Waals surface area contributed by atoms with Crippen molar-refractivity contribution in [3.8, 4) is 0 Å². The zero-order valence-corrected chi connectivity index (χ0v) is 19.9. The summed E-state index contributed by atoms with van der Waals surface area (Å²) in [5.41, 5.74) is 4.59. The molecule has 33 heavy (non-hydrogen) atoms. The fourth-order valence-corrected chi connectivity index (χ4v) is 4.33. The number of likely N-dealkylation sites (N-methyl/N-ethyl adjacent to an activating group) is 1. The standard InChI is InChI=1S/C26H28ClN3O3/c1-4-23(25(31)28-17-11-10-16(3)20(27)14-17)33-26(32)24-18-8-6-7-9-21(18)29-22-12-13-30(5-2)15-19(22)24/h6-11,14,23H,4-5,12-13,15H2,1-3H3,(H,28,31). The molecule has 1 amide bonds. The molecular weight excluding hydrogens is 438 g/mol. The van der Waals surface area contributed by atoms with E-state index in [0.717, 1.165) is 47.2 Å². The third-order valence-electron chi connectivity index (χ3n) is 6.13. The molecule has 1 atom stereocenters. The lowest BCUT2D eigenvalue weighted by molar-refractivity contribution is -0.124. The summed E-state index contributed by atoms with van der Waals surface area (Å²) in [5.74, 6) is -0.875. The zero-order valence-electron chi connectivity index (χ0n) is 19.2. The molecule has 0 bridgehead atoms. The predicted octanol–water partition coefficient (Wildman–Crippen LogP) is 5.15. The van der Waals surface area contributed by atoms with Crippen molar-refractivity contribution in [1.29, 1.82) is 0 Å². The maximum absolute atomic E-state index is 13.5. The Kier molecular flexibility index (Phi) is 6.96. The van der Waals surface area contributed by atoms with Crippen molar-refractivity contribution >= 4 is 40.1 Å². The molecule has 0 radical (unpaired) electrons. The van der Waals surface area contributed by atoms with Crippen LogP contribution in [0.1, 0.15) is 47.4 Å². The molecule has 1 unspecified atom stereocenters. The fourth-order valence-electron chi connectivity index (χ4n) is 4.15. The van der Waals surface area contributed by atoms with E-state index in [1.165, 1.54) is 0 Å². The Morgan fingerprint density at radius 3 is 2.73 bits per heavy atom. The lowest BCUT2D eigenvalue weighted by atomic mass is 9.95. The number of esters is 1. The van der Waals surface area contributed by atoms with Gasteiger partial charge in [0.15, 0.2) is 6.10 Å². The van der Waals surface area contributed by atoms with E-state index in [-0.39, 0.29) is 5.91 Å². The third kappa shape index (κ3) is 4.87. The summed E-state index contributed by atoms with van der Waals surface area (Å²) in [4.78, 5) is 33.5. The number of rotatable bonds is 6. The van der Waals surface area contributed by atoms with Crippen molar-refractivity contribution in [1.82, 2.24) is 9.88 Å². The van der Waals surface area contributed by atoms with Crippen LogP contribution in [0.2, 0.25) is 5.02 Å². The van der Waals surface area contributed by atoms with Crippen molar-refractivity contribution in [3.05, 3.63) is 69.9 Å². The quantitative estimate of drug-likeness (QED) is 0.510. The van der Waals surface area contributed by atoms with Crippen LogP contribution in [0.4, 0.5) is 5.69 Å². The summed E-state index contributed by atoms with van der Waals surface area (Å²) in [5, 5.41) is 4.13. The molecule has 1 aliphatic heterocycles. The first kappa shape index (κ1) is 23.2. The topological polar surface area (TPSA) is 71.5 Å². The van der Waals surface area contributed by atoms with Gasteiger partial charge in [0.2, 0.25) is 0 Å². The first-order chi connectivity index (χ1) is 15.9. The molecule has 0 fully saturated rings. The number of fused-ring (bicyclic) bond motifs is 2. The van der Waals surface area contributed by atoms with E-state index in [1.807, 2.05) is 44.2 Å². The van der Waals surface area contributed by atoms with Crippen molar-refractivity contribution < 1.29 is 14.3 Å². The highest BCUT2D eigenvalue weighted by Gasteiger charge is 2.29. The van der Waals surface area contributed by atoms with Crippen LogP contribution in [0.15, 0.2) is 42.5 Å². The highest BCUT2D eigenvalue weighted by Crippen LogP contribution is 2.29. The summed E-state index contributed by atoms with van der Waals surface area (Å²) in [7, 11) is 0. The Morgan fingerprint density at radius 2 is 2.00 bits per heavy atom. The molecule has 0 saturated heterocycles. The van der Waals surface area contributed by atoms with Crippen LogP contribution in [-0.2, 0) is 22.5 Å². The number of nitrogens with one attached hydrogen (secondary N) is 1. The van der Waals surface area contributed by atoms with E-state index in [1.54, 1.807) is 12.1 Å². The Bertz CT molecular complexity index is 1210. The number of carbonyl (C=O) groups excluding carboxylic acids is 2. The number of carbonyl (C=O) groups is 2. The summed E-state index contributed by atoms with van der Waals surface area (Å²) < 4.78 is 5.79. The molecule has 2 heterocycles. The van der Waals surface area contributed by atoms with Gasteiger partial charge in [-0.15, -0.1) is 0 Å². The number of aryl methyl sites for hydroxylation is 1. The molecule has 6 nitrogen and oxygen atoms in total. The van der Waals surface area contributed by atoms with Crippen LogP contribution in [0, 0.1) is 6.92 Å². The number of amides is 1. The zero-order chi connectivity index (χ0) is 23.5. The van der Waals surface area contributed by atoms with E-state index in [4.69, 9.17) is 21.3 Å². The lowest BCUT2D eigenvalue weighted by Crippen LogP contribution is -2.35. The average molecular weight is 466 g/mol. The maximum atomic E-state index is 13.5. The van der Waals surface area contributed by atoms with Gasteiger partial charge < -0.3 is 10.1 Å². The molecule has 7 heteroatoms. The largest absolute Gasteiger partial charge is 0.449 e. The Hall–Kier alpha value is -2.96. The predicted molar refractivity (Wildman–Crippen MR) is 131 cm³/mol. The maximum Gasteiger partial charge on any atom is 0.340 e. The molecule has 1 N–H and O–H groups in total. The van der Waals surface area contributed by atoms with Crippen LogP contribution in [0.5, 0.6) is 0 Å². The monoisotopic (exact) mass is 465 g/mol. The van der Waals surface area contributed by atoms with Crippen molar-refractivity contribution in [3.63, 3.8) is 0 Å². The normalized spacial score (nSPS) is 14.5. The summed E-state index contributed by atoms with van der Waals surface area (Å²) in [6, 6.07) is 12.9. The number of hydrogen-bond acceptors (Lipinski definition) is 5. The van der Waals surface area contributed by atoms with Gasteiger partial charge in [0.1, 0.15) is 0 Å². The molecule has 0 spiro atoms. The molecule has 0 saturated carbocycles. The van der Waals surface area contributed by atoms with Crippen LogP contribution >= 0.6 is 11.6 Å². The molecule has 4 rings (SSSR count). The second-order valence-corrected chi connectivity index (χ2v) is 8.71. The van der Waals surface area contributed by atoms with Crippen molar-refractivity contribution in [2.45, 2.75) is 46.3 Å². The highest BCUT2D eigenvalue weighted by molar-refractivity contribution is 6.31. The van der Waals surface area contributed by atoms with Gasteiger partial charge in [-0.25, -0.2) is 4.79 Å². The van der Waals surface area contributed by atoms with Gasteiger partial charge in [-0.2, -0.15) is 0 Å². The van der Waals surface area contributed by atoms with Crippen LogP contribution < -0.4 is 5.32 Å². The van der Waals surface area contributed by atoms with Crippen LogP contribution in [0.3, 0.4) is 0 Å². The summed E-state index contributed by atoms with van der Waals surface area (Å²) in [6.45, 7) is 8.25. The minimum atomic E-state index is -0.925. The second kappa shape index (κ2) is 9.89. The Morgan fingerprint density at radius 1 is 1.21 bits per heavy atom. The number of ether oxygens (including phenoxy) is 1. The van der Waals surface area contributed by atoms with Gasteiger partial charge in [0, 0.05) is 46.9 Å². The number of benzene rings is 2. The van der Waals surface area contributed by atoms with E-state index >= 15 is 0 Å². The SMILES string of the molecule is CCC(OC(=O)c1c2c(nc3ccccc13)CCN(CC)C2)C(=O)Nc1ccc(C)c(Cl)c1. The van der Waals surface area contributed by atoms with Gasteiger partial charge in [-0.3, -0.25) is 14.7 Å². The number of para-hydroxylation sites is 1. The minimum absolute atomic E-state index is 0.351. The number of anilines is 1. The third-order valence-corrected chi connectivity index (χ3v) is 6.54. The second-order valence-electron chi connectivity index (χ2n) is 8.30. The molecule has 0 aliphatic carbocycles. The van der Waals surface area contributed by atoms with Gasteiger partial charge in [0.05, 0.1) is 11.1 Å². The van der Waals surface area contributed by atoms with E-state index in [9.17, 15) is 9.59 Å². The fraction of sp³-hybridized carbons (Fsp3) is 0.346. The Balaban J connectivity index is 1.63. The molecular formula is C26H28ClN3O3. The number of nitrogens with zero attached hydrogens (tertiary/aromatic N) is 2. The molecule has 2 aromatic carbocycles. The van der Waals surface area contributed by atoms with E-state index in [0.29, 0.717) is 29.2 Å². The highest BCUT2D eigenvalue weighted by atomic mass is 35.5. The number of aromatic nitrogens is 1. The van der Waals surface area contributed by atoms with E-state index < -0.39 is 12.1 Å². The Labute approximate surface area is 198 Å². The molecule has 1 aromatic heterocycles.